The van der Waals surface area contributed by atoms with Crippen LogP contribution in [0.3, 0.4) is 0 Å². The van der Waals surface area contributed by atoms with Crippen LogP contribution < -0.4 is 4.90 Å². The van der Waals surface area contributed by atoms with Crippen LogP contribution in [0.15, 0.2) is 24.8 Å². The molecule has 106 valence electrons. The lowest BCUT2D eigenvalue weighted by molar-refractivity contribution is 0.361. The number of rotatable bonds is 3. The molecule has 3 rings (SSSR count). The van der Waals surface area contributed by atoms with Crippen molar-refractivity contribution in [1.29, 1.82) is 0 Å². The first kappa shape index (κ1) is 13.0. The van der Waals surface area contributed by atoms with Crippen molar-refractivity contribution >= 4 is 5.95 Å². The van der Waals surface area contributed by atoms with E-state index in [2.05, 4.69) is 24.4 Å². The standard InChI is InChI=1S/C14H18FN5/c1-11-16-4-6-19(11)9-12-3-2-5-20(10-12)14-17-7-13(15)8-18-14/h4,6-8,12H,2-3,5,9-10H2,1H3. The lowest BCUT2D eigenvalue weighted by atomic mass is 9.98. The Bertz CT molecular complexity index is 565. The number of piperidine rings is 1. The zero-order chi connectivity index (χ0) is 13.9. The molecule has 0 saturated carbocycles. The second kappa shape index (κ2) is 5.56. The quantitative estimate of drug-likeness (QED) is 0.860. The lowest BCUT2D eigenvalue weighted by Crippen LogP contribution is -2.38. The fourth-order valence-corrected chi connectivity index (χ4v) is 2.74. The van der Waals surface area contributed by atoms with Crippen LogP contribution in [-0.4, -0.2) is 32.6 Å². The Hall–Kier alpha value is -1.98. The monoisotopic (exact) mass is 275 g/mol. The Morgan fingerprint density at radius 1 is 1.30 bits per heavy atom. The molecule has 1 fully saturated rings. The fourth-order valence-electron chi connectivity index (χ4n) is 2.74. The SMILES string of the molecule is Cc1nccn1CC1CCCN(c2ncc(F)cn2)C1. The molecule has 5 nitrogen and oxygen atoms in total. The van der Waals surface area contributed by atoms with Crippen LogP contribution in [0.2, 0.25) is 0 Å². The predicted octanol–water partition coefficient (Wildman–Crippen LogP) is 2.04. The molecule has 1 saturated heterocycles. The summed E-state index contributed by atoms with van der Waals surface area (Å²) in [5, 5.41) is 0. The minimum atomic E-state index is -0.392. The van der Waals surface area contributed by atoms with Crippen LogP contribution in [0.25, 0.3) is 0 Å². The smallest absolute Gasteiger partial charge is 0.225 e. The summed E-state index contributed by atoms with van der Waals surface area (Å²) in [6.45, 7) is 4.82. The lowest BCUT2D eigenvalue weighted by Gasteiger charge is -2.33. The first-order valence-electron chi connectivity index (χ1n) is 6.92. The molecule has 0 bridgehead atoms. The summed E-state index contributed by atoms with van der Waals surface area (Å²) in [6, 6.07) is 0. The average molecular weight is 275 g/mol. The van der Waals surface area contributed by atoms with E-state index >= 15 is 0 Å². The number of halogens is 1. The summed E-state index contributed by atoms with van der Waals surface area (Å²) >= 11 is 0. The maximum absolute atomic E-state index is 12.9. The molecule has 0 radical (unpaired) electrons. The van der Waals surface area contributed by atoms with Crippen LogP contribution in [0.4, 0.5) is 10.3 Å². The van der Waals surface area contributed by atoms with Gasteiger partial charge >= 0.3 is 0 Å². The van der Waals surface area contributed by atoms with Gasteiger partial charge in [-0.15, -0.1) is 0 Å². The fraction of sp³-hybridized carbons (Fsp3) is 0.500. The molecular weight excluding hydrogens is 257 g/mol. The van der Waals surface area contributed by atoms with Gasteiger partial charge in [0.05, 0.1) is 12.4 Å². The first-order chi connectivity index (χ1) is 9.72. The van der Waals surface area contributed by atoms with Gasteiger partial charge in [0.1, 0.15) is 5.82 Å². The molecule has 0 aliphatic carbocycles. The van der Waals surface area contributed by atoms with Crippen molar-refractivity contribution in [1.82, 2.24) is 19.5 Å². The normalized spacial score (nSPS) is 19.3. The van der Waals surface area contributed by atoms with Crippen molar-refractivity contribution in [2.24, 2.45) is 5.92 Å². The van der Waals surface area contributed by atoms with E-state index in [1.165, 1.54) is 18.8 Å². The van der Waals surface area contributed by atoms with Gasteiger partial charge in [-0.1, -0.05) is 0 Å². The zero-order valence-electron chi connectivity index (χ0n) is 11.5. The molecule has 2 aromatic rings. The van der Waals surface area contributed by atoms with Crippen LogP contribution in [0.1, 0.15) is 18.7 Å². The number of hydrogen-bond acceptors (Lipinski definition) is 4. The zero-order valence-corrected chi connectivity index (χ0v) is 11.5. The van der Waals surface area contributed by atoms with Gasteiger partial charge in [-0.3, -0.25) is 0 Å². The highest BCUT2D eigenvalue weighted by molar-refractivity contribution is 5.29. The largest absolute Gasteiger partial charge is 0.340 e. The minimum absolute atomic E-state index is 0.392. The molecule has 20 heavy (non-hydrogen) atoms. The number of imidazole rings is 1. The molecular formula is C14H18FN5. The van der Waals surface area contributed by atoms with Crippen molar-refractivity contribution in [2.75, 3.05) is 18.0 Å². The average Bonchev–Trinajstić information content (AvgIpc) is 2.85. The van der Waals surface area contributed by atoms with Crippen LogP contribution in [0.5, 0.6) is 0 Å². The molecule has 1 aliphatic rings. The van der Waals surface area contributed by atoms with Gasteiger partial charge in [-0.05, 0) is 25.7 Å². The summed E-state index contributed by atoms with van der Waals surface area (Å²) in [5.41, 5.74) is 0. The Morgan fingerprint density at radius 3 is 2.80 bits per heavy atom. The van der Waals surface area contributed by atoms with E-state index in [0.29, 0.717) is 11.9 Å². The van der Waals surface area contributed by atoms with Gasteiger partial charge in [-0.2, -0.15) is 0 Å². The van der Waals surface area contributed by atoms with Crippen molar-refractivity contribution in [3.05, 3.63) is 36.4 Å². The van der Waals surface area contributed by atoms with E-state index in [1.807, 2.05) is 19.3 Å². The summed E-state index contributed by atoms with van der Waals surface area (Å²) < 4.78 is 15.1. The third-order valence-corrected chi connectivity index (χ3v) is 3.79. The second-order valence-electron chi connectivity index (χ2n) is 5.28. The highest BCUT2D eigenvalue weighted by atomic mass is 19.1. The Kier molecular flexibility index (Phi) is 3.62. The molecule has 6 heteroatoms. The van der Waals surface area contributed by atoms with Gasteiger partial charge in [0.25, 0.3) is 0 Å². The maximum atomic E-state index is 12.9. The Labute approximate surface area is 117 Å². The predicted molar refractivity (Wildman–Crippen MR) is 73.9 cm³/mol. The number of hydrogen-bond donors (Lipinski definition) is 0. The third kappa shape index (κ3) is 2.79. The molecule has 1 unspecified atom stereocenters. The number of anilines is 1. The van der Waals surface area contributed by atoms with E-state index in [1.54, 1.807) is 0 Å². The maximum Gasteiger partial charge on any atom is 0.225 e. The van der Waals surface area contributed by atoms with Gasteiger partial charge in [0.2, 0.25) is 5.95 Å². The Morgan fingerprint density at radius 2 is 2.10 bits per heavy atom. The van der Waals surface area contributed by atoms with Crippen LogP contribution in [0, 0.1) is 18.7 Å². The molecule has 3 heterocycles. The number of nitrogens with zero attached hydrogens (tertiary/aromatic N) is 5. The van der Waals surface area contributed by atoms with Crippen molar-refractivity contribution in [2.45, 2.75) is 26.3 Å². The van der Waals surface area contributed by atoms with Crippen molar-refractivity contribution in [3.63, 3.8) is 0 Å². The number of aryl methyl sites for hydroxylation is 1. The van der Waals surface area contributed by atoms with Crippen molar-refractivity contribution < 1.29 is 4.39 Å². The minimum Gasteiger partial charge on any atom is -0.340 e. The van der Waals surface area contributed by atoms with E-state index in [0.717, 1.165) is 31.9 Å². The summed E-state index contributed by atoms with van der Waals surface area (Å²) in [6.07, 6.45) is 8.61. The molecule has 0 aromatic carbocycles. The molecule has 1 atom stereocenters. The van der Waals surface area contributed by atoms with Crippen LogP contribution in [-0.2, 0) is 6.54 Å². The van der Waals surface area contributed by atoms with Gasteiger partial charge in [0.15, 0.2) is 5.82 Å². The second-order valence-corrected chi connectivity index (χ2v) is 5.28. The summed E-state index contributed by atoms with van der Waals surface area (Å²) in [7, 11) is 0. The molecule has 0 N–H and O–H groups in total. The van der Waals surface area contributed by atoms with Gasteiger partial charge in [0, 0.05) is 32.0 Å². The van der Waals surface area contributed by atoms with Crippen LogP contribution >= 0.6 is 0 Å². The van der Waals surface area contributed by atoms with E-state index < -0.39 is 5.82 Å². The number of aromatic nitrogens is 4. The summed E-state index contributed by atoms with van der Waals surface area (Å²) in [4.78, 5) is 14.5. The first-order valence-corrected chi connectivity index (χ1v) is 6.92. The van der Waals surface area contributed by atoms with E-state index in [4.69, 9.17) is 0 Å². The highest BCUT2D eigenvalue weighted by Gasteiger charge is 2.22. The molecule has 2 aromatic heterocycles. The third-order valence-electron chi connectivity index (χ3n) is 3.79. The molecule has 1 aliphatic heterocycles. The summed E-state index contributed by atoms with van der Waals surface area (Å²) in [5.74, 6) is 1.82. The van der Waals surface area contributed by atoms with Crippen molar-refractivity contribution in [3.8, 4) is 0 Å². The van der Waals surface area contributed by atoms with Gasteiger partial charge in [-0.25, -0.2) is 19.3 Å². The van der Waals surface area contributed by atoms with E-state index in [9.17, 15) is 4.39 Å². The Balaban J connectivity index is 1.67. The van der Waals surface area contributed by atoms with E-state index in [-0.39, 0.29) is 0 Å². The van der Waals surface area contributed by atoms with Gasteiger partial charge < -0.3 is 9.47 Å². The topological polar surface area (TPSA) is 46.8 Å². The molecule has 0 amide bonds. The highest BCUT2D eigenvalue weighted by Crippen LogP contribution is 2.21. The molecule has 0 spiro atoms.